The van der Waals surface area contributed by atoms with E-state index in [1.54, 1.807) is 7.05 Å². The van der Waals surface area contributed by atoms with Crippen molar-refractivity contribution in [3.05, 3.63) is 11.1 Å². The van der Waals surface area contributed by atoms with E-state index in [0.29, 0.717) is 6.61 Å². The standard InChI is InChI=1S/C22H27NO7/c1-9(2)20-16(29-20)17-21(30-17)13-5-4-10-12(8-26-18(10)25)11(13)6-14-22(21,28-14)19(20)27-15(24)7-23-3/h9,11,13-14,16-17,19,23H,4-8H2,1-3H3/t11-,13-,14-,16-,17-,19+,20-,21-,22+/m0/s1. The lowest BCUT2D eigenvalue weighted by Gasteiger charge is -2.47. The molecule has 8 heteroatoms. The molecule has 0 amide bonds. The molecule has 2 spiro atoms. The fourth-order valence-corrected chi connectivity index (χ4v) is 7.70. The number of hydrogen-bond acceptors (Lipinski definition) is 8. The zero-order chi connectivity index (χ0) is 20.6. The van der Waals surface area contributed by atoms with Crippen LogP contribution in [0.5, 0.6) is 0 Å². The number of ether oxygens (including phenoxy) is 5. The average molecular weight is 417 g/mol. The van der Waals surface area contributed by atoms with Gasteiger partial charge in [-0.3, -0.25) is 4.79 Å². The van der Waals surface area contributed by atoms with Crippen LogP contribution in [0.1, 0.15) is 33.1 Å². The van der Waals surface area contributed by atoms with Gasteiger partial charge in [0, 0.05) is 11.5 Å². The Morgan fingerprint density at radius 2 is 2.07 bits per heavy atom. The van der Waals surface area contributed by atoms with Crippen molar-refractivity contribution in [2.75, 3.05) is 20.2 Å². The van der Waals surface area contributed by atoms with Crippen molar-refractivity contribution in [1.29, 1.82) is 0 Å². The summed E-state index contributed by atoms with van der Waals surface area (Å²) in [6.45, 7) is 4.78. The van der Waals surface area contributed by atoms with Crippen LogP contribution in [0, 0.1) is 17.8 Å². The van der Waals surface area contributed by atoms with Gasteiger partial charge in [-0.25, -0.2) is 4.79 Å². The lowest BCUT2D eigenvalue weighted by Crippen LogP contribution is -2.67. The first-order valence-electron chi connectivity index (χ1n) is 11.2. The smallest absolute Gasteiger partial charge is 0.334 e. The summed E-state index contributed by atoms with van der Waals surface area (Å²) >= 11 is 0. The number of rotatable bonds is 4. The van der Waals surface area contributed by atoms with Crippen molar-refractivity contribution in [3.8, 4) is 0 Å². The molecule has 3 aliphatic carbocycles. The fraction of sp³-hybridized carbons (Fsp3) is 0.818. The maximum Gasteiger partial charge on any atom is 0.334 e. The summed E-state index contributed by atoms with van der Waals surface area (Å²) in [4.78, 5) is 24.7. The van der Waals surface area contributed by atoms with Crippen molar-refractivity contribution in [1.82, 2.24) is 5.32 Å². The van der Waals surface area contributed by atoms with Gasteiger partial charge in [-0.1, -0.05) is 13.8 Å². The van der Waals surface area contributed by atoms with Gasteiger partial charge in [0.1, 0.15) is 30.0 Å². The highest BCUT2D eigenvalue weighted by Gasteiger charge is 2.99. The van der Waals surface area contributed by atoms with E-state index in [1.807, 2.05) is 0 Å². The fourth-order valence-electron chi connectivity index (χ4n) is 7.70. The molecule has 0 aromatic rings. The molecular formula is C22H27NO7. The van der Waals surface area contributed by atoms with Crippen molar-refractivity contribution in [3.63, 3.8) is 0 Å². The number of nitrogens with one attached hydrogen (secondary N) is 1. The van der Waals surface area contributed by atoms with E-state index in [0.717, 1.165) is 30.4 Å². The second-order valence-electron chi connectivity index (χ2n) is 10.2. The van der Waals surface area contributed by atoms with Gasteiger partial charge in [0.2, 0.25) is 0 Å². The highest BCUT2D eigenvalue weighted by Crippen LogP contribution is 2.80. The van der Waals surface area contributed by atoms with Crippen molar-refractivity contribution >= 4 is 11.9 Å². The van der Waals surface area contributed by atoms with E-state index in [1.165, 1.54) is 0 Å². The molecule has 0 aromatic heterocycles. The van der Waals surface area contributed by atoms with E-state index in [2.05, 4.69) is 19.2 Å². The first kappa shape index (κ1) is 18.1. The summed E-state index contributed by atoms with van der Waals surface area (Å²) in [7, 11) is 1.73. The second-order valence-corrected chi connectivity index (χ2v) is 10.2. The maximum atomic E-state index is 12.6. The molecule has 3 saturated heterocycles. The Morgan fingerprint density at radius 3 is 2.83 bits per heavy atom. The molecule has 7 rings (SSSR count). The van der Waals surface area contributed by atoms with Gasteiger partial charge in [0.15, 0.2) is 11.7 Å². The first-order chi connectivity index (χ1) is 14.4. The highest BCUT2D eigenvalue weighted by molar-refractivity contribution is 5.92. The monoisotopic (exact) mass is 417 g/mol. The number of hydrogen-bond donors (Lipinski definition) is 1. The van der Waals surface area contributed by atoms with Crippen molar-refractivity contribution in [2.45, 2.75) is 74.3 Å². The minimum Gasteiger partial charge on any atom is -0.458 e. The van der Waals surface area contributed by atoms with E-state index >= 15 is 0 Å². The van der Waals surface area contributed by atoms with Crippen LogP contribution in [0.15, 0.2) is 11.1 Å². The summed E-state index contributed by atoms with van der Waals surface area (Å²) in [5, 5.41) is 2.88. The number of cyclic esters (lactones) is 1. The van der Waals surface area contributed by atoms with E-state index in [-0.39, 0.29) is 54.5 Å². The topological polar surface area (TPSA) is 102 Å². The number of fused-ring (bicyclic) bond motifs is 4. The number of likely N-dealkylation sites (N-methyl/N-ethyl adjacent to an activating group) is 1. The highest BCUT2D eigenvalue weighted by atomic mass is 16.8. The van der Waals surface area contributed by atoms with Crippen LogP contribution in [0.25, 0.3) is 0 Å². The Hall–Kier alpha value is -1.48. The van der Waals surface area contributed by atoms with Crippen LogP contribution < -0.4 is 5.32 Å². The largest absolute Gasteiger partial charge is 0.458 e. The average Bonchev–Trinajstić information content (AvgIpc) is 3.61. The molecule has 0 radical (unpaired) electrons. The molecular weight excluding hydrogens is 390 g/mol. The van der Waals surface area contributed by atoms with Crippen LogP contribution in [-0.4, -0.2) is 73.4 Å². The van der Waals surface area contributed by atoms with Crippen LogP contribution >= 0.6 is 0 Å². The predicted octanol–water partition coefficient (Wildman–Crippen LogP) is 0.483. The van der Waals surface area contributed by atoms with Gasteiger partial charge >= 0.3 is 11.9 Å². The predicted molar refractivity (Wildman–Crippen MR) is 100 cm³/mol. The summed E-state index contributed by atoms with van der Waals surface area (Å²) in [5.74, 6) is 0.185. The third-order valence-corrected chi connectivity index (χ3v) is 8.97. The summed E-state index contributed by atoms with van der Waals surface area (Å²) < 4.78 is 30.9. The zero-order valence-corrected chi connectivity index (χ0v) is 17.4. The number of carbonyl (C=O) groups is 2. The molecule has 4 aliphatic heterocycles. The van der Waals surface area contributed by atoms with Crippen molar-refractivity contribution in [2.24, 2.45) is 17.8 Å². The lowest BCUT2D eigenvalue weighted by atomic mass is 9.53. The molecule has 0 bridgehead atoms. The van der Waals surface area contributed by atoms with Gasteiger partial charge in [-0.15, -0.1) is 0 Å². The van der Waals surface area contributed by atoms with Gasteiger partial charge in [0.25, 0.3) is 0 Å². The zero-order valence-electron chi connectivity index (χ0n) is 17.4. The Balaban J connectivity index is 1.31. The Bertz CT molecular complexity index is 915. The molecule has 0 unspecified atom stereocenters. The van der Waals surface area contributed by atoms with Gasteiger partial charge in [0.05, 0.1) is 12.6 Å². The van der Waals surface area contributed by atoms with Crippen LogP contribution in [0.3, 0.4) is 0 Å². The number of esters is 2. The van der Waals surface area contributed by atoms with Gasteiger partial charge in [-0.2, -0.15) is 0 Å². The third-order valence-electron chi connectivity index (χ3n) is 8.97. The molecule has 2 saturated carbocycles. The van der Waals surface area contributed by atoms with E-state index < -0.39 is 22.9 Å². The lowest BCUT2D eigenvalue weighted by molar-refractivity contribution is -0.164. The summed E-state index contributed by atoms with van der Waals surface area (Å²) in [6.07, 6.45) is 1.77. The molecule has 5 fully saturated rings. The minimum atomic E-state index is -0.638. The van der Waals surface area contributed by atoms with Crippen LogP contribution in [0.4, 0.5) is 0 Å². The summed E-state index contributed by atoms with van der Waals surface area (Å²) in [5.41, 5.74) is 0.340. The molecule has 9 atom stereocenters. The summed E-state index contributed by atoms with van der Waals surface area (Å²) in [6, 6.07) is 0. The Labute approximate surface area is 174 Å². The Kier molecular flexibility index (Phi) is 3.19. The Morgan fingerprint density at radius 1 is 1.23 bits per heavy atom. The van der Waals surface area contributed by atoms with Crippen LogP contribution in [-0.2, 0) is 33.3 Å². The van der Waals surface area contributed by atoms with Gasteiger partial charge < -0.3 is 29.0 Å². The second kappa shape index (κ2) is 5.28. The molecule has 30 heavy (non-hydrogen) atoms. The molecule has 0 aromatic carbocycles. The molecule has 1 N–H and O–H groups in total. The normalized spacial score (nSPS) is 53.5. The van der Waals surface area contributed by atoms with Crippen LogP contribution in [0.2, 0.25) is 0 Å². The number of epoxide rings is 3. The molecule has 7 aliphatic rings. The molecule has 4 heterocycles. The quantitative estimate of drug-likeness (QED) is 0.521. The number of carbonyl (C=O) groups excluding carboxylic acids is 2. The van der Waals surface area contributed by atoms with E-state index in [9.17, 15) is 9.59 Å². The maximum absolute atomic E-state index is 12.6. The third kappa shape index (κ3) is 1.74. The first-order valence-corrected chi connectivity index (χ1v) is 11.2. The van der Waals surface area contributed by atoms with Gasteiger partial charge in [-0.05, 0) is 43.7 Å². The minimum absolute atomic E-state index is 0.0304. The molecule has 8 nitrogen and oxygen atoms in total. The SMILES string of the molecule is CNCC(=O)O[C@@H]1[C@@]2(C(C)C)O[C@H]2[C@@H]2O[C@@]23[C@H]2CCC4=C(COC4=O)[C@@H]2C[C@@H]2O[C@]213. The molecule has 162 valence electrons. The van der Waals surface area contributed by atoms with Crippen molar-refractivity contribution < 1.29 is 33.3 Å². The van der Waals surface area contributed by atoms with E-state index in [4.69, 9.17) is 23.7 Å².